The topological polar surface area (TPSA) is 54.0 Å². The van der Waals surface area contributed by atoms with Crippen LogP contribution in [0.25, 0.3) is 0 Å². The van der Waals surface area contributed by atoms with E-state index in [1.54, 1.807) is 7.05 Å². The lowest BCUT2D eigenvalue weighted by atomic mass is 9.87. The quantitative estimate of drug-likeness (QED) is 0.794. The Hall–Kier alpha value is -0.690. The van der Waals surface area contributed by atoms with Gasteiger partial charge in [-0.25, -0.2) is 0 Å². The first-order valence-electron chi connectivity index (χ1n) is 9.10. The first-order valence-corrected chi connectivity index (χ1v) is 9.10. The number of carbonyl (C=O) groups excluding carboxylic acids is 1. The molecule has 1 amide bonds. The predicted octanol–water partition coefficient (Wildman–Crippen LogP) is 0.0766. The summed E-state index contributed by atoms with van der Waals surface area (Å²) < 4.78 is 11.7. The highest BCUT2D eigenvalue weighted by molar-refractivity contribution is 5.81. The van der Waals surface area contributed by atoms with Gasteiger partial charge in [-0.3, -0.25) is 14.6 Å². The Morgan fingerprint density at radius 1 is 1.17 bits per heavy atom. The second-order valence-corrected chi connectivity index (χ2v) is 7.75. The molecule has 4 aliphatic rings. The van der Waals surface area contributed by atoms with Crippen molar-refractivity contribution in [3.63, 3.8) is 0 Å². The fraction of sp³-hybridized carbons (Fsp3) is 0.941. The largest absolute Gasteiger partial charge is 0.381 e. The maximum absolute atomic E-state index is 12.2. The highest BCUT2D eigenvalue weighted by atomic mass is 16.5. The van der Waals surface area contributed by atoms with Gasteiger partial charge in [0.2, 0.25) is 5.91 Å². The minimum absolute atomic E-state index is 0.0439. The minimum Gasteiger partial charge on any atom is -0.381 e. The number of ether oxygens (including phenoxy) is 2. The summed E-state index contributed by atoms with van der Waals surface area (Å²) in [5.41, 5.74) is -0.0439. The van der Waals surface area contributed by atoms with Crippen molar-refractivity contribution in [1.82, 2.24) is 15.1 Å². The number of hydrogen-bond acceptors (Lipinski definition) is 5. The summed E-state index contributed by atoms with van der Waals surface area (Å²) in [7, 11) is 1.72. The molecule has 130 valence electrons. The molecule has 0 bridgehead atoms. The van der Waals surface area contributed by atoms with Crippen LogP contribution in [0.2, 0.25) is 0 Å². The van der Waals surface area contributed by atoms with Gasteiger partial charge in [0.05, 0.1) is 6.61 Å². The van der Waals surface area contributed by atoms with E-state index in [1.807, 2.05) is 0 Å². The maximum Gasteiger partial charge on any atom is 0.239 e. The van der Waals surface area contributed by atoms with E-state index in [0.717, 1.165) is 58.2 Å². The van der Waals surface area contributed by atoms with Crippen molar-refractivity contribution in [3.8, 4) is 0 Å². The number of likely N-dealkylation sites (N-methyl/N-ethyl adjacent to an activating group) is 1. The second kappa shape index (κ2) is 6.31. The number of rotatable bonds is 4. The van der Waals surface area contributed by atoms with E-state index in [1.165, 1.54) is 12.8 Å². The van der Waals surface area contributed by atoms with Crippen molar-refractivity contribution in [3.05, 3.63) is 0 Å². The van der Waals surface area contributed by atoms with Gasteiger partial charge in [0.25, 0.3) is 0 Å². The summed E-state index contributed by atoms with van der Waals surface area (Å²) in [5.74, 6) is 0.894. The molecule has 6 nitrogen and oxygen atoms in total. The molecule has 1 atom stereocenters. The number of likely N-dealkylation sites (tertiary alicyclic amines) is 1. The van der Waals surface area contributed by atoms with Gasteiger partial charge in [-0.05, 0) is 31.6 Å². The van der Waals surface area contributed by atoms with E-state index in [0.29, 0.717) is 12.6 Å². The number of nitrogens with one attached hydrogen (secondary N) is 1. The molecule has 0 unspecified atom stereocenters. The molecule has 1 saturated carbocycles. The number of carbonyl (C=O) groups is 1. The van der Waals surface area contributed by atoms with Gasteiger partial charge < -0.3 is 14.8 Å². The van der Waals surface area contributed by atoms with Crippen molar-refractivity contribution >= 4 is 5.91 Å². The maximum atomic E-state index is 12.2. The predicted molar refractivity (Wildman–Crippen MR) is 86.2 cm³/mol. The van der Waals surface area contributed by atoms with E-state index in [4.69, 9.17) is 9.47 Å². The fourth-order valence-electron chi connectivity index (χ4n) is 4.31. The number of nitrogens with zero attached hydrogens (tertiary/aromatic N) is 2. The van der Waals surface area contributed by atoms with E-state index in [9.17, 15) is 4.79 Å². The molecule has 4 rings (SSSR count). The lowest BCUT2D eigenvalue weighted by Gasteiger charge is -2.58. The molecule has 3 heterocycles. The summed E-state index contributed by atoms with van der Waals surface area (Å²) in [6, 6.07) is 0.551. The van der Waals surface area contributed by atoms with Crippen molar-refractivity contribution in [2.45, 2.75) is 43.4 Å². The van der Waals surface area contributed by atoms with Crippen LogP contribution in [0.5, 0.6) is 0 Å². The van der Waals surface area contributed by atoms with Crippen LogP contribution in [-0.2, 0) is 14.3 Å². The molecule has 1 spiro atoms. The molecular formula is C17H29N3O3. The number of hydrogen-bond donors (Lipinski definition) is 1. The third-order valence-electron chi connectivity index (χ3n) is 5.91. The van der Waals surface area contributed by atoms with Gasteiger partial charge >= 0.3 is 0 Å². The Morgan fingerprint density at radius 2 is 1.91 bits per heavy atom. The Morgan fingerprint density at radius 3 is 2.57 bits per heavy atom. The first kappa shape index (κ1) is 15.8. The minimum atomic E-state index is -0.108. The number of morpholine rings is 1. The molecule has 0 aromatic rings. The molecule has 3 saturated heterocycles. The monoisotopic (exact) mass is 323 g/mol. The molecule has 0 aromatic carbocycles. The summed E-state index contributed by atoms with van der Waals surface area (Å²) >= 11 is 0. The summed E-state index contributed by atoms with van der Waals surface area (Å²) in [4.78, 5) is 17.1. The molecule has 3 aliphatic heterocycles. The average Bonchev–Trinajstić information content (AvgIpc) is 3.36. The third kappa shape index (κ3) is 3.27. The van der Waals surface area contributed by atoms with E-state index in [2.05, 4.69) is 15.1 Å². The van der Waals surface area contributed by atoms with Crippen LogP contribution in [0.1, 0.15) is 25.7 Å². The standard InChI is InChI=1S/C17H29N3O3/c1-18-16(21)15-9-23-17(10-19(15)8-13-2-3-13)11-20(12-17)14-4-6-22-7-5-14/h13-15H,2-12H2,1H3,(H,18,21)/t15-/m1/s1. The lowest BCUT2D eigenvalue weighted by Crippen LogP contribution is -2.74. The molecule has 6 heteroatoms. The van der Waals surface area contributed by atoms with Crippen LogP contribution in [0.15, 0.2) is 0 Å². The smallest absolute Gasteiger partial charge is 0.239 e. The SMILES string of the molecule is CNC(=O)[C@H]1COC2(CN(C3CCOCC3)C2)CN1CC1CC1. The van der Waals surface area contributed by atoms with Crippen LogP contribution < -0.4 is 5.32 Å². The summed E-state index contributed by atoms with van der Waals surface area (Å²) in [6.07, 6.45) is 4.92. The van der Waals surface area contributed by atoms with E-state index in [-0.39, 0.29) is 17.6 Å². The summed E-state index contributed by atoms with van der Waals surface area (Å²) in [6.45, 7) is 6.30. The fourth-order valence-corrected chi connectivity index (χ4v) is 4.31. The van der Waals surface area contributed by atoms with E-state index >= 15 is 0 Å². The van der Waals surface area contributed by atoms with Gasteiger partial charge in [0, 0.05) is 52.5 Å². The zero-order valence-corrected chi connectivity index (χ0v) is 14.1. The third-order valence-corrected chi connectivity index (χ3v) is 5.91. The molecule has 0 aromatic heterocycles. The van der Waals surface area contributed by atoms with Crippen LogP contribution in [-0.4, -0.2) is 86.4 Å². The van der Waals surface area contributed by atoms with Gasteiger partial charge in [-0.2, -0.15) is 0 Å². The summed E-state index contributed by atoms with van der Waals surface area (Å²) in [5, 5.41) is 2.80. The highest BCUT2D eigenvalue weighted by Gasteiger charge is 2.52. The molecular weight excluding hydrogens is 294 g/mol. The Labute approximate surface area is 138 Å². The van der Waals surface area contributed by atoms with Gasteiger partial charge in [-0.1, -0.05) is 0 Å². The van der Waals surface area contributed by atoms with Crippen molar-refractivity contribution in [2.24, 2.45) is 5.92 Å². The van der Waals surface area contributed by atoms with E-state index < -0.39 is 0 Å². The van der Waals surface area contributed by atoms with Crippen molar-refractivity contribution in [1.29, 1.82) is 0 Å². The normalized spacial score (nSPS) is 32.7. The Bertz CT molecular complexity index is 442. The zero-order chi connectivity index (χ0) is 15.9. The van der Waals surface area contributed by atoms with Gasteiger partial charge in [-0.15, -0.1) is 0 Å². The van der Waals surface area contributed by atoms with Crippen molar-refractivity contribution in [2.75, 3.05) is 53.0 Å². The van der Waals surface area contributed by atoms with Gasteiger partial charge in [0.15, 0.2) is 0 Å². The molecule has 1 aliphatic carbocycles. The molecule has 23 heavy (non-hydrogen) atoms. The average molecular weight is 323 g/mol. The molecule has 4 fully saturated rings. The lowest BCUT2D eigenvalue weighted by molar-refractivity contribution is -0.212. The van der Waals surface area contributed by atoms with Crippen LogP contribution in [0.3, 0.4) is 0 Å². The number of amides is 1. The van der Waals surface area contributed by atoms with Crippen LogP contribution >= 0.6 is 0 Å². The second-order valence-electron chi connectivity index (χ2n) is 7.75. The van der Waals surface area contributed by atoms with Crippen molar-refractivity contribution < 1.29 is 14.3 Å². The highest BCUT2D eigenvalue weighted by Crippen LogP contribution is 2.37. The molecule has 1 N–H and O–H groups in total. The van der Waals surface area contributed by atoms with Crippen LogP contribution in [0, 0.1) is 5.92 Å². The van der Waals surface area contributed by atoms with Crippen LogP contribution in [0.4, 0.5) is 0 Å². The first-order chi connectivity index (χ1) is 11.2. The Balaban J connectivity index is 1.36. The Kier molecular flexibility index (Phi) is 4.34. The van der Waals surface area contributed by atoms with Gasteiger partial charge in [0.1, 0.15) is 11.6 Å². The molecule has 0 radical (unpaired) electrons. The zero-order valence-electron chi connectivity index (χ0n) is 14.1.